The van der Waals surface area contributed by atoms with Crippen molar-refractivity contribution in [1.29, 1.82) is 0 Å². The van der Waals surface area contributed by atoms with E-state index in [-0.39, 0.29) is 0 Å². The second-order valence-corrected chi connectivity index (χ2v) is 8.18. The molecule has 2 aromatic rings. The quantitative estimate of drug-likeness (QED) is 0.879. The van der Waals surface area contributed by atoms with Crippen LogP contribution in [-0.2, 0) is 0 Å². The van der Waals surface area contributed by atoms with Crippen molar-refractivity contribution in [3.05, 3.63) is 48.5 Å². The first-order valence-corrected chi connectivity index (χ1v) is 9.35. The van der Waals surface area contributed by atoms with Gasteiger partial charge in [-0.05, 0) is 56.5 Å². The summed E-state index contributed by atoms with van der Waals surface area (Å²) >= 11 is 1.99. The van der Waals surface area contributed by atoms with Gasteiger partial charge in [0.2, 0.25) is 0 Å². The molecule has 2 saturated heterocycles. The molecule has 4 rings (SSSR count). The van der Waals surface area contributed by atoms with E-state index in [4.69, 9.17) is 0 Å². The Morgan fingerprint density at radius 1 is 1.00 bits per heavy atom. The van der Waals surface area contributed by atoms with Crippen LogP contribution in [0.15, 0.2) is 53.4 Å². The first-order valence-electron chi connectivity index (χ1n) is 8.48. The number of hydrogen-bond donors (Lipinski definition) is 1. The van der Waals surface area contributed by atoms with E-state index >= 15 is 0 Å². The molecule has 1 N–H and O–H groups in total. The van der Waals surface area contributed by atoms with Gasteiger partial charge in [-0.3, -0.25) is 0 Å². The maximum atomic E-state index is 10.2. The predicted octanol–water partition coefficient (Wildman–Crippen LogP) is 4.78. The van der Waals surface area contributed by atoms with Crippen LogP contribution in [0.3, 0.4) is 0 Å². The van der Waals surface area contributed by atoms with Gasteiger partial charge in [0.1, 0.15) is 5.75 Å². The Morgan fingerprint density at radius 3 is 2.39 bits per heavy atom. The average molecular weight is 325 g/mol. The number of fused-ring (bicyclic) bond motifs is 2. The number of thioether (sulfide) groups is 1. The molecule has 120 valence electrons. The summed E-state index contributed by atoms with van der Waals surface area (Å²) in [6, 6.07) is 17.8. The lowest BCUT2D eigenvalue weighted by molar-refractivity contribution is 0.183. The zero-order valence-electron chi connectivity index (χ0n) is 13.5. The molecule has 0 aliphatic carbocycles. The highest BCUT2D eigenvalue weighted by molar-refractivity contribution is 8.00. The molecule has 2 aliphatic rings. The Bertz CT molecular complexity index is 673. The van der Waals surface area contributed by atoms with E-state index in [1.54, 1.807) is 0 Å². The van der Waals surface area contributed by atoms with E-state index in [2.05, 4.69) is 36.2 Å². The molecule has 1 unspecified atom stereocenters. The van der Waals surface area contributed by atoms with Gasteiger partial charge >= 0.3 is 0 Å². The summed E-state index contributed by atoms with van der Waals surface area (Å²) in [6.07, 6.45) is 5.31. The molecule has 23 heavy (non-hydrogen) atoms. The van der Waals surface area contributed by atoms with E-state index in [9.17, 15) is 5.11 Å². The number of piperidine rings is 1. The average Bonchev–Trinajstić information content (AvgIpc) is 2.79. The molecule has 2 fully saturated rings. The zero-order valence-corrected chi connectivity index (χ0v) is 14.3. The summed E-state index contributed by atoms with van der Waals surface area (Å²) in [4.78, 5) is 3.86. The Labute approximate surface area is 142 Å². The van der Waals surface area contributed by atoms with Gasteiger partial charge in [-0.1, -0.05) is 30.3 Å². The van der Waals surface area contributed by atoms with Crippen molar-refractivity contribution in [2.45, 2.75) is 47.9 Å². The number of hydrogen-bond acceptors (Lipinski definition) is 3. The zero-order chi connectivity index (χ0) is 15.8. The van der Waals surface area contributed by atoms with Crippen LogP contribution in [-0.4, -0.2) is 34.4 Å². The van der Waals surface area contributed by atoms with E-state index in [1.807, 2.05) is 36.0 Å². The number of rotatable bonds is 3. The largest absolute Gasteiger partial charge is 0.507 e. The lowest BCUT2D eigenvalue weighted by Crippen LogP contribution is -2.40. The standard InChI is InChI=1S/C20H23NOS/c1-21-15-7-8-16(21)12-18(11-15)23-17-9-10-20(22)19(13-17)14-5-3-2-4-6-14/h2-6,9-10,13,15-16,18,22H,7-8,11-12H2,1H3/t15-,16+,18?. The normalized spacial score (nSPS) is 27.3. The van der Waals surface area contributed by atoms with Crippen molar-refractivity contribution in [2.75, 3.05) is 7.05 Å². The number of phenolic OH excluding ortho intramolecular Hbond substituents is 1. The van der Waals surface area contributed by atoms with Gasteiger partial charge in [-0.25, -0.2) is 0 Å². The third kappa shape index (κ3) is 3.00. The van der Waals surface area contributed by atoms with Gasteiger partial charge in [0, 0.05) is 27.8 Å². The molecule has 0 saturated carbocycles. The Kier molecular flexibility index (Phi) is 4.08. The first-order chi connectivity index (χ1) is 11.2. The van der Waals surface area contributed by atoms with Crippen molar-refractivity contribution in [3.8, 4) is 16.9 Å². The highest BCUT2D eigenvalue weighted by atomic mass is 32.2. The highest BCUT2D eigenvalue weighted by Gasteiger charge is 2.38. The van der Waals surface area contributed by atoms with E-state index < -0.39 is 0 Å². The maximum Gasteiger partial charge on any atom is 0.123 e. The summed E-state index contributed by atoms with van der Waals surface area (Å²) in [6.45, 7) is 0. The highest BCUT2D eigenvalue weighted by Crippen LogP contribution is 2.42. The molecular formula is C20H23NOS. The summed E-state index contributed by atoms with van der Waals surface area (Å²) in [5.74, 6) is 0.365. The van der Waals surface area contributed by atoms with Crippen molar-refractivity contribution in [2.24, 2.45) is 0 Å². The summed E-state index contributed by atoms with van der Waals surface area (Å²) < 4.78 is 0. The van der Waals surface area contributed by atoms with Crippen molar-refractivity contribution in [3.63, 3.8) is 0 Å². The Morgan fingerprint density at radius 2 is 1.70 bits per heavy atom. The molecule has 2 aromatic carbocycles. The molecule has 2 heterocycles. The van der Waals surface area contributed by atoms with Crippen LogP contribution < -0.4 is 0 Å². The molecular weight excluding hydrogens is 302 g/mol. The van der Waals surface area contributed by atoms with Crippen LogP contribution >= 0.6 is 11.8 Å². The van der Waals surface area contributed by atoms with Crippen LogP contribution in [0.4, 0.5) is 0 Å². The minimum atomic E-state index is 0.365. The number of phenols is 1. The molecule has 2 aliphatic heterocycles. The van der Waals surface area contributed by atoms with Crippen molar-refractivity contribution in [1.82, 2.24) is 4.90 Å². The van der Waals surface area contributed by atoms with Gasteiger partial charge in [-0.2, -0.15) is 0 Å². The summed E-state index contributed by atoms with van der Waals surface area (Å²) in [5, 5.41) is 10.9. The lowest BCUT2D eigenvalue weighted by Gasteiger charge is -2.36. The maximum absolute atomic E-state index is 10.2. The third-order valence-electron chi connectivity index (χ3n) is 5.41. The summed E-state index contributed by atoms with van der Waals surface area (Å²) in [7, 11) is 2.29. The van der Waals surface area contributed by atoms with Gasteiger partial charge in [0.25, 0.3) is 0 Å². The Hall–Kier alpha value is -1.45. The lowest BCUT2D eigenvalue weighted by atomic mass is 10.0. The fourth-order valence-corrected chi connectivity index (χ4v) is 5.44. The number of aromatic hydroxyl groups is 1. The second kappa shape index (κ2) is 6.21. The van der Waals surface area contributed by atoms with Gasteiger partial charge in [0.05, 0.1) is 0 Å². The van der Waals surface area contributed by atoms with Crippen molar-refractivity contribution >= 4 is 11.8 Å². The molecule has 3 heteroatoms. The van der Waals surface area contributed by atoms with Crippen LogP contribution in [0.5, 0.6) is 5.75 Å². The van der Waals surface area contributed by atoms with Gasteiger partial charge < -0.3 is 10.0 Å². The fraction of sp³-hybridized carbons (Fsp3) is 0.400. The molecule has 0 spiro atoms. The molecule has 0 aromatic heterocycles. The first kappa shape index (κ1) is 15.1. The summed E-state index contributed by atoms with van der Waals surface area (Å²) in [5.41, 5.74) is 2.02. The third-order valence-corrected chi connectivity index (χ3v) is 6.65. The molecule has 0 amide bonds. The second-order valence-electron chi connectivity index (χ2n) is 6.81. The van der Waals surface area contributed by atoms with Crippen molar-refractivity contribution < 1.29 is 5.11 Å². The smallest absolute Gasteiger partial charge is 0.123 e. The number of nitrogens with zero attached hydrogens (tertiary/aromatic N) is 1. The molecule has 2 nitrogen and oxygen atoms in total. The van der Waals surface area contributed by atoms with E-state index in [1.165, 1.54) is 30.6 Å². The fourth-order valence-electron chi connectivity index (χ4n) is 4.09. The SMILES string of the molecule is CN1[C@@H]2CC[C@H]1CC(Sc1ccc(O)c(-c3ccccc3)c1)C2. The molecule has 2 bridgehead atoms. The monoisotopic (exact) mass is 325 g/mol. The minimum absolute atomic E-state index is 0.365. The molecule has 0 radical (unpaired) electrons. The predicted molar refractivity (Wildman–Crippen MR) is 97.0 cm³/mol. The number of benzene rings is 2. The Balaban J connectivity index is 1.54. The van der Waals surface area contributed by atoms with Crippen LogP contribution in [0.2, 0.25) is 0 Å². The molecule has 3 atom stereocenters. The van der Waals surface area contributed by atoms with Crippen LogP contribution in [0.1, 0.15) is 25.7 Å². The van der Waals surface area contributed by atoms with Crippen LogP contribution in [0.25, 0.3) is 11.1 Å². The van der Waals surface area contributed by atoms with Gasteiger partial charge in [0.15, 0.2) is 0 Å². The van der Waals surface area contributed by atoms with Gasteiger partial charge in [-0.15, -0.1) is 11.8 Å². The van der Waals surface area contributed by atoms with E-state index in [0.29, 0.717) is 11.0 Å². The minimum Gasteiger partial charge on any atom is -0.507 e. The van der Waals surface area contributed by atoms with Crippen LogP contribution in [0, 0.1) is 0 Å². The van der Waals surface area contributed by atoms with E-state index in [0.717, 1.165) is 23.2 Å². The topological polar surface area (TPSA) is 23.5 Å².